The maximum Gasteiger partial charge on any atom is 0.227 e. The lowest BCUT2D eigenvalue weighted by Crippen LogP contribution is -2.33. The molecule has 4 rings (SSSR count). The second-order valence-corrected chi connectivity index (χ2v) is 6.15. The molecule has 23 heavy (non-hydrogen) atoms. The van der Waals surface area contributed by atoms with Crippen molar-refractivity contribution in [2.75, 3.05) is 0 Å². The SMILES string of the molecule is O=C(Cc1c[nH]c2ccccc12)N(Cc1cccnc1)C1CC1. The average molecular weight is 305 g/mol. The number of para-hydroxylation sites is 1. The molecule has 0 saturated heterocycles. The lowest BCUT2D eigenvalue weighted by atomic mass is 10.1. The Kier molecular flexibility index (Phi) is 3.58. The molecular formula is C19H19N3O. The Hall–Kier alpha value is -2.62. The standard InChI is InChI=1S/C19H19N3O/c23-19(10-15-12-21-18-6-2-1-5-17(15)18)22(16-7-8-16)13-14-4-3-9-20-11-14/h1-6,9,11-12,16,21H,7-8,10,13H2. The van der Waals surface area contributed by atoms with Crippen molar-refractivity contribution in [1.29, 1.82) is 0 Å². The molecule has 0 radical (unpaired) electrons. The van der Waals surface area contributed by atoms with E-state index in [0.717, 1.165) is 34.9 Å². The molecule has 3 aromatic rings. The summed E-state index contributed by atoms with van der Waals surface area (Å²) in [6.45, 7) is 0.652. The van der Waals surface area contributed by atoms with Crippen molar-refractivity contribution < 1.29 is 4.79 Å². The zero-order valence-electron chi connectivity index (χ0n) is 12.9. The first kappa shape index (κ1) is 14.0. The molecule has 2 aromatic heterocycles. The highest BCUT2D eigenvalue weighted by Gasteiger charge is 2.32. The van der Waals surface area contributed by atoms with Gasteiger partial charge in [0.25, 0.3) is 0 Å². The number of aromatic amines is 1. The second-order valence-electron chi connectivity index (χ2n) is 6.15. The lowest BCUT2D eigenvalue weighted by molar-refractivity contribution is -0.131. The minimum absolute atomic E-state index is 0.195. The molecule has 4 heteroatoms. The van der Waals surface area contributed by atoms with Gasteiger partial charge >= 0.3 is 0 Å². The minimum atomic E-state index is 0.195. The van der Waals surface area contributed by atoms with Crippen LogP contribution in [-0.2, 0) is 17.8 Å². The van der Waals surface area contributed by atoms with E-state index in [4.69, 9.17) is 0 Å². The molecule has 4 nitrogen and oxygen atoms in total. The monoisotopic (exact) mass is 305 g/mol. The van der Waals surface area contributed by atoms with Crippen LogP contribution in [0.3, 0.4) is 0 Å². The number of pyridine rings is 1. The van der Waals surface area contributed by atoms with Crippen molar-refractivity contribution in [3.05, 3.63) is 66.1 Å². The molecule has 1 fully saturated rings. The van der Waals surface area contributed by atoms with Crippen LogP contribution in [0, 0.1) is 0 Å². The van der Waals surface area contributed by atoms with Crippen LogP contribution in [0.25, 0.3) is 10.9 Å². The van der Waals surface area contributed by atoms with Crippen LogP contribution in [-0.4, -0.2) is 26.8 Å². The van der Waals surface area contributed by atoms with Crippen molar-refractivity contribution in [3.63, 3.8) is 0 Å². The summed E-state index contributed by atoms with van der Waals surface area (Å²) in [6.07, 6.45) is 8.23. The van der Waals surface area contributed by atoms with Crippen LogP contribution in [0.2, 0.25) is 0 Å². The van der Waals surface area contributed by atoms with E-state index in [1.807, 2.05) is 47.6 Å². The van der Waals surface area contributed by atoms with E-state index >= 15 is 0 Å². The van der Waals surface area contributed by atoms with Crippen LogP contribution >= 0.6 is 0 Å². The fourth-order valence-corrected chi connectivity index (χ4v) is 3.04. The van der Waals surface area contributed by atoms with Crippen LogP contribution < -0.4 is 0 Å². The van der Waals surface area contributed by atoms with Crippen LogP contribution in [0.1, 0.15) is 24.0 Å². The lowest BCUT2D eigenvalue weighted by Gasteiger charge is -2.22. The van der Waals surface area contributed by atoms with Crippen molar-refractivity contribution in [2.24, 2.45) is 0 Å². The van der Waals surface area contributed by atoms with Crippen LogP contribution in [0.5, 0.6) is 0 Å². The van der Waals surface area contributed by atoms with Crippen molar-refractivity contribution in [2.45, 2.75) is 31.8 Å². The number of aromatic nitrogens is 2. The van der Waals surface area contributed by atoms with E-state index < -0.39 is 0 Å². The van der Waals surface area contributed by atoms with E-state index in [2.05, 4.69) is 16.0 Å². The van der Waals surface area contributed by atoms with Gasteiger partial charge in [-0.05, 0) is 36.1 Å². The quantitative estimate of drug-likeness (QED) is 0.786. The first-order valence-electron chi connectivity index (χ1n) is 8.04. The summed E-state index contributed by atoms with van der Waals surface area (Å²) in [5, 5.41) is 1.14. The predicted octanol–water partition coefficient (Wildman–Crippen LogP) is 3.30. The number of amides is 1. The highest BCUT2D eigenvalue weighted by atomic mass is 16.2. The van der Waals surface area contributed by atoms with Crippen LogP contribution in [0.4, 0.5) is 0 Å². The van der Waals surface area contributed by atoms with Crippen molar-refractivity contribution in [3.8, 4) is 0 Å². The molecule has 0 atom stereocenters. The van der Waals surface area contributed by atoms with Gasteiger partial charge in [0.05, 0.1) is 6.42 Å². The summed E-state index contributed by atoms with van der Waals surface area (Å²) in [7, 11) is 0. The molecule has 0 spiro atoms. The normalized spacial score (nSPS) is 14.1. The Bertz CT molecular complexity index is 821. The summed E-state index contributed by atoms with van der Waals surface area (Å²) in [5.41, 5.74) is 3.25. The van der Waals surface area contributed by atoms with E-state index in [9.17, 15) is 4.79 Å². The molecule has 1 N–H and O–H groups in total. The van der Waals surface area contributed by atoms with Gasteiger partial charge in [-0.15, -0.1) is 0 Å². The highest BCUT2D eigenvalue weighted by molar-refractivity contribution is 5.89. The van der Waals surface area contributed by atoms with Gasteiger partial charge in [0.2, 0.25) is 5.91 Å². The Morgan fingerprint density at radius 2 is 2.09 bits per heavy atom. The Morgan fingerprint density at radius 3 is 2.87 bits per heavy atom. The van der Waals surface area contributed by atoms with E-state index in [0.29, 0.717) is 19.0 Å². The molecule has 0 aliphatic heterocycles. The Labute approximate surface area is 135 Å². The number of H-pyrrole nitrogens is 1. The number of fused-ring (bicyclic) bond motifs is 1. The fourth-order valence-electron chi connectivity index (χ4n) is 3.04. The third-order valence-electron chi connectivity index (χ3n) is 4.40. The first-order valence-corrected chi connectivity index (χ1v) is 8.04. The van der Waals surface area contributed by atoms with Crippen molar-refractivity contribution >= 4 is 16.8 Å². The number of rotatable bonds is 5. The summed E-state index contributed by atoms with van der Waals surface area (Å²) >= 11 is 0. The summed E-state index contributed by atoms with van der Waals surface area (Å²) < 4.78 is 0. The van der Waals surface area contributed by atoms with Gasteiger partial charge in [-0.2, -0.15) is 0 Å². The molecule has 116 valence electrons. The Balaban J connectivity index is 1.54. The zero-order chi connectivity index (χ0) is 15.6. The number of nitrogens with zero attached hydrogens (tertiary/aromatic N) is 2. The van der Waals surface area contributed by atoms with Gasteiger partial charge in [0.15, 0.2) is 0 Å². The van der Waals surface area contributed by atoms with E-state index in [1.165, 1.54) is 0 Å². The van der Waals surface area contributed by atoms with Gasteiger partial charge in [0.1, 0.15) is 0 Å². The molecular weight excluding hydrogens is 286 g/mol. The maximum absolute atomic E-state index is 12.8. The van der Waals surface area contributed by atoms with Gasteiger partial charge in [-0.1, -0.05) is 24.3 Å². The van der Waals surface area contributed by atoms with E-state index in [1.54, 1.807) is 6.20 Å². The average Bonchev–Trinajstić information content (AvgIpc) is 3.35. The largest absolute Gasteiger partial charge is 0.361 e. The number of benzene rings is 1. The smallest absolute Gasteiger partial charge is 0.227 e. The molecule has 1 saturated carbocycles. The second kappa shape index (κ2) is 5.88. The number of hydrogen-bond acceptors (Lipinski definition) is 2. The third kappa shape index (κ3) is 2.97. The van der Waals surface area contributed by atoms with Gasteiger partial charge in [-0.25, -0.2) is 0 Å². The topological polar surface area (TPSA) is 49.0 Å². The number of carbonyl (C=O) groups is 1. The highest BCUT2D eigenvalue weighted by Crippen LogP contribution is 2.29. The molecule has 1 aliphatic carbocycles. The van der Waals surface area contributed by atoms with Gasteiger partial charge in [-0.3, -0.25) is 9.78 Å². The predicted molar refractivity (Wildman–Crippen MR) is 89.8 cm³/mol. The molecule has 0 unspecified atom stereocenters. The third-order valence-corrected chi connectivity index (χ3v) is 4.40. The molecule has 0 bridgehead atoms. The van der Waals surface area contributed by atoms with Gasteiger partial charge < -0.3 is 9.88 Å². The summed E-state index contributed by atoms with van der Waals surface area (Å²) in [5.74, 6) is 0.195. The molecule has 2 heterocycles. The van der Waals surface area contributed by atoms with E-state index in [-0.39, 0.29) is 5.91 Å². The first-order chi connectivity index (χ1) is 11.3. The molecule has 1 amide bonds. The fraction of sp³-hybridized carbons (Fsp3) is 0.263. The van der Waals surface area contributed by atoms with Crippen LogP contribution in [0.15, 0.2) is 55.0 Å². The summed E-state index contributed by atoms with van der Waals surface area (Å²) in [6, 6.07) is 12.5. The molecule has 1 aliphatic rings. The van der Waals surface area contributed by atoms with Gasteiger partial charge in [0, 0.05) is 42.1 Å². The number of carbonyl (C=O) groups excluding carboxylic acids is 1. The zero-order valence-corrected chi connectivity index (χ0v) is 12.9. The summed E-state index contributed by atoms with van der Waals surface area (Å²) in [4.78, 5) is 22.2. The molecule has 1 aromatic carbocycles. The Morgan fingerprint density at radius 1 is 1.22 bits per heavy atom. The van der Waals surface area contributed by atoms with Crippen molar-refractivity contribution in [1.82, 2.24) is 14.9 Å². The number of nitrogens with one attached hydrogen (secondary N) is 1. The number of hydrogen-bond donors (Lipinski definition) is 1. The minimum Gasteiger partial charge on any atom is -0.361 e. The maximum atomic E-state index is 12.8.